The van der Waals surface area contributed by atoms with E-state index in [0.29, 0.717) is 31.0 Å². The molecule has 0 fully saturated rings. The molecule has 7 heteroatoms. The molecular formula is C17H17N5O2. The van der Waals surface area contributed by atoms with Crippen molar-refractivity contribution in [1.29, 1.82) is 0 Å². The highest BCUT2D eigenvalue weighted by molar-refractivity contribution is 5.49. The average molecular weight is 323 g/mol. The molecule has 0 radical (unpaired) electrons. The molecule has 4 heterocycles. The fourth-order valence-electron chi connectivity index (χ4n) is 2.97. The molecule has 0 atom stereocenters. The van der Waals surface area contributed by atoms with Crippen LogP contribution in [0.15, 0.2) is 39.8 Å². The van der Waals surface area contributed by atoms with E-state index in [2.05, 4.69) is 25.0 Å². The molecule has 0 aliphatic carbocycles. The van der Waals surface area contributed by atoms with Crippen LogP contribution in [0.2, 0.25) is 0 Å². The monoisotopic (exact) mass is 323 g/mol. The van der Waals surface area contributed by atoms with Gasteiger partial charge in [-0.2, -0.15) is 0 Å². The van der Waals surface area contributed by atoms with E-state index in [1.807, 2.05) is 31.2 Å². The second-order valence-corrected chi connectivity index (χ2v) is 5.94. The van der Waals surface area contributed by atoms with Crippen LogP contribution in [0.1, 0.15) is 22.7 Å². The van der Waals surface area contributed by atoms with Gasteiger partial charge in [-0.25, -0.2) is 4.98 Å². The minimum absolute atomic E-state index is 0.0717. The van der Waals surface area contributed by atoms with Crippen molar-refractivity contribution in [2.45, 2.75) is 26.4 Å². The quantitative estimate of drug-likeness (QED) is 0.789. The van der Waals surface area contributed by atoms with E-state index in [1.165, 1.54) is 0 Å². The number of hydrogen-bond donors (Lipinski definition) is 1. The van der Waals surface area contributed by atoms with Crippen LogP contribution in [0.3, 0.4) is 0 Å². The third-order valence-corrected chi connectivity index (χ3v) is 4.12. The Balaban J connectivity index is 1.62. The molecule has 122 valence electrons. The number of aromatic nitrogens is 4. The summed E-state index contributed by atoms with van der Waals surface area (Å²) < 4.78 is 5.12. The van der Waals surface area contributed by atoms with Gasteiger partial charge in [-0.3, -0.25) is 14.7 Å². The molecule has 1 aliphatic heterocycles. The Morgan fingerprint density at radius 1 is 1.38 bits per heavy atom. The Morgan fingerprint density at radius 3 is 3.04 bits per heavy atom. The van der Waals surface area contributed by atoms with E-state index >= 15 is 0 Å². The van der Waals surface area contributed by atoms with Crippen molar-refractivity contribution in [3.8, 4) is 11.5 Å². The number of nitrogens with one attached hydrogen (secondary N) is 1. The first kappa shape index (κ1) is 14.8. The SMILES string of the molecule is Cc1cc(CN2CCc3c(nc(-c4ccccn4)[nH]c3=O)C2)no1. The lowest BCUT2D eigenvalue weighted by molar-refractivity contribution is 0.232. The van der Waals surface area contributed by atoms with Gasteiger partial charge in [-0.1, -0.05) is 11.2 Å². The van der Waals surface area contributed by atoms with Crippen molar-refractivity contribution in [3.05, 3.63) is 63.5 Å². The van der Waals surface area contributed by atoms with Crippen LogP contribution < -0.4 is 5.56 Å². The third-order valence-electron chi connectivity index (χ3n) is 4.12. The van der Waals surface area contributed by atoms with E-state index < -0.39 is 0 Å². The lowest BCUT2D eigenvalue weighted by Gasteiger charge is -2.26. The first-order valence-corrected chi connectivity index (χ1v) is 7.87. The average Bonchev–Trinajstić information content (AvgIpc) is 3.00. The van der Waals surface area contributed by atoms with Gasteiger partial charge in [-0.05, 0) is 25.5 Å². The normalized spacial score (nSPS) is 14.5. The van der Waals surface area contributed by atoms with Crippen LogP contribution in [-0.4, -0.2) is 31.6 Å². The largest absolute Gasteiger partial charge is 0.361 e. The summed E-state index contributed by atoms with van der Waals surface area (Å²) in [6, 6.07) is 7.48. The first-order valence-electron chi connectivity index (χ1n) is 7.87. The van der Waals surface area contributed by atoms with Gasteiger partial charge >= 0.3 is 0 Å². The van der Waals surface area contributed by atoms with Crippen LogP contribution in [-0.2, 0) is 19.5 Å². The topological polar surface area (TPSA) is 87.9 Å². The van der Waals surface area contributed by atoms with Gasteiger partial charge in [0.05, 0.1) is 11.4 Å². The fraction of sp³-hybridized carbons (Fsp3) is 0.294. The van der Waals surface area contributed by atoms with Gasteiger partial charge in [0.15, 0.2) is 5.82 Å². The summed E-state index contributed by atoms with van der Waals surface area (Å²) in [6.07, 6.45) is 2.37. The van der Waals surface area contributed by atoms with Crippen molar-refractivity contribution >= 4 is 0 Å². The molecule has 3 aromatic rings. The zero-order valence-electron chi connectivity index (χ0n) is 13.3. The molecule has 3 aromatic heterocycles. The maximum atomic E-state index is 12.4. The van der Waals surface area contributed by atoms with Crippen molar-refractivity contribution < 1.29 is 4.52 Å². The van der Waals surface area contributed by atoms with E-state index in [1.54, 1.807) is 6.20 Å². The highest BCUT2D eigenvalue weighted by Crippen LogP contribution is 2.19. The van der Waals surface area contributed by atoms with Crippen molar-refractivity contribution in [2.75, 3.05) is 6.54 Å². The predicted molar refractivity (Wildman–Crippen MR) is 87.1 cm³/mol. The Kier molecular flexibility index (Phi) is 3.70. The highest BCUT2D eigenvalue weighted by atomic mass is 16.5. The number of nitrogens with zero attached hydrogens (tertiary/aromatic N) is 4. The summed E-state index contributed by atoms with van der Waals surface area (Å²) in [5.41, 5.74) is 3.07. The van der Waals surface area contributed by atoms with Gasteiger partial charge in [-0.15, -0.1) is 0 Å². The van der Waals surface area contributed by atoms with Crippen LogP contribution in [0, 0.1) is 6.92 Å². The van der Waals surface area contributed by atoms with Crippen LogP contribution in [0.4, 0.5) is 0 Å². The second kappa shape index (κ2) is 6.01. The standard InChI is InChI=1S/C17H17N5O2/c1-11-8-12(21-24-11)9-22-7-5-13-15(10-22)19-16(20-17(13)23)14-4-2-3-6-18-14/h2-4,6,8H,5,7,9-10H2,1H3,(H,19,20,23). The molecule has 0 spiro atoms. The van der Waals surface area contributed by atoms with E-state index in [4.69, 9.17) is 4.52 Å². The minimum atomic E-state index is -0.0717. The number of fused-ring (bicyclic) bond motifs is 1. The maximum Gasteiger partial charge on any atom is 0.254 e. The molecule has 0 bridgehead atoms. The number of pyridine rings is 1. The Labute approximate surface area is 138 Å². The predicted octanol–water partition coefficient (Wildman–Crippen LogP) is 1.69. The van der Waals surface area contributed by atoms with Gasteiger partial charge in [0.25, 0.3) is 5.56 Å². The number of rotatable bonds is 3. The molecule has 1 aliphatic rings. The molecule has 24 heavy (non-hydrogen) atoms. The van der Waals surface area contributed by atoms with Gasteiger partial charge < -0.3 is 9.51 Å². The van der Waals surface area contributed by atoms with Gasteiger partial charge in [0, 0.05) is 37.5 Å². The van der Waals surface area contributed by atoms with Crippen molar-refractivity contribution in [3.63, 3.8) is 0 Å². The van der Waals surface area contributed by atoms with Crippen LogP contribution >= 0.6 is 0 Å². The first-order chi connectivity index (χ1) is 11.7. The van der Waals surface area contributed by atoms with Crippen LogP contribution in [0.25, 0.3) is 11.5 Å². The molecule has 1 N–H and O–H groups in total. The lowest BCUT2D eigenvalue weighted by atomic mass is 10.1. The summed E-state index contributed by atoms with van der Waals surface area (Å²) in [4.78, 5) is 26.3. The molecular weight excluding hydrogens is 306 g/mol. The Bertz CT molecular complexity index is 916. The fourth-order valence-corrected chi connectivity index (χ4v) is 2.97. The Hall–Kier alpha value is -2.80. The van der Waals surface area contributed by atoms with Crippen LogP contribution in [0.5, 0.6) is 0 Å². The molecule has 0 saturated carbocycles. The molecule has 0 unspecified atom stereocenters. The number of hydrogen-bond acceptors (Lipinski definition) is 6. The molecule has 4 rings (SSSR count). The second-order valence-electron chi connectivity index (χ2n) is 5.94. The lowest BCUT2D eigenvalue weighted by Crippen LogP contribution is -2.35. The summed E-state index contributed by atoms with van der Waals surface area (Å²) >= 11 is 0. The Morgan fingerprint density at radius 2 is 2.29 bits per heavy atom. The molecule has 0 saturated heterocycles. The van der Waals surface area contributed by atoms with E-state index in [-0.39, 0.29) is 5.56 Å². The summed E-state index contributed by atoms with van der Waals surface area (Å²) in [5.74, 6) is 1.31. The van der Waals surface area contributed by atoms with Crippen molar-refractivity contribution in [2.24, 2.45) is 0 Å². The molecule has 0 aromatic carbocycles. The minimum Gasteiger partial charge on any atom is -0.361 e. The molecule has 0 amide bonds. The smallest absolute Gasteiger partial charge is 0.254 e. The summed E-state index contributed by atoms with van der Waals surface area (Å²) in [7, 11) is 0. The zero-order chi connectivity index (χ0) is 16.5. The van der Waals surface area contributed by atoms with Crippen molar-refractivity contribution in [1.82, 2.24) is 25.0 Å². The summed E-state index contributed by atoms with van der Waals surface area (Å²) in [6.45, 7) is 3.98. The highest BCUT2D eigenvalue weighted by Gasteiger charge is 2.22. The molecule has 7 nitrogen and oxygen atoms in total. The van der Waals surface area contributed by atoms with Gasteiger partial charge in [0.2, 0.25) is 0 Å². The zero-order valence-corrected chi connectivity index (χ0v) is 13.3. The van der Waals surface area contributed by atoms with Gasteiger partial charge in [0.1, 0.15) is 11.5 Å². The third kappa shape index (κ3) is 2.85. The van der Waals surface area contributed by atoms with E-state index in [0.717, 1.165) is 29.3 Å². The summed E-state index contributed by atoms with van der Waals surface area (Å²) in [5, 5.41) is 4.03. The number of aryl methyl sites for hydroxylation is 1. The van der Waals surface area contributed by atoms with E-state index in [9.17, 15) is 4.79 Å². The maximum absolute atomic E-state index is 12.4. The number of aromatic amines is 1. The number of H-pyrrole nitrogens is 1.